The van der Waals surface area contributed by atoms with Crippen LogP contribution < -0.4 is 11.3 Å². The van der Waals surface area contributed by atoms with Crippen LogP contribution in [0.2, 0.25) is 0 Å². The molecule has 1 rings (SSSR count). The SMILES string of the molecule is CC(C)Cc1cccc(C(CCOCC(F)(F)F)NN)c1. The summed E-state index contributed by atoms with van der Waals surface area (Å²) >= 11 is 0. The Kier molecular flexibility index (Phi) is 7.14. The van der Waals surface area contributed by atoms with E-state index in [1.165, 1.54) is 5.56 Å². The molecule has 0 saturated carbocycles. The van der Waals surface area contributed by atoms with E-state index in [9.17, 15) is 13.2 Å². The van der Waals surface area contributed by atoms with Crippen molar-refractivity contribution in [3.63, 3.8) is 0 Å². The van der Waals surface area contributed by atoms with Crippen LogP contribution in [0.3, 0.4) is 0 Å². The predicted molar refractivity (Wildman–Crippen MR) is 76.5 cm³/mol. The number of alkyl halides is 3. The second-order valence-corrected chi connectivity index (χ2v) is 5.52. The topological polar surface area (TPSA) is 47.3 Å². The lowest BCUT2D eigenvalue weighted by atomic mass is 9.97. The first-order valence-electron chi connectivity index (χ1n) is 7.01. The molecule has 0 fully saturated rings. The average Bonchev–Trinajstić information content (AvgIpc) is 2.37. The van der Waals surface area contributed by atoms with Crippen molar-refractivity contribution in [1.82, 2.24) is 5.43 Å². The van der Waals surface area contributed by atoms with Crippen LogP contribution in [0, 0.1) is 5.92 Å². The van der Waals surface area contributed by atoms with Crippen LogP contribution in [0.5, 0.6) is 0 Å². The molecule has 0 saturated heterocycles. The van der Waals surface area contributed by atoms with Crippen LogP contribution in [0.15, 0.2) is 24.3 Å². The van der Waals surface area contributed by atoms with Crippen LogP contribution in [-0.2, 0) is 11.2 Å². The highest BCUT2D eigenvalue weighted by Crippen LogP contribution is 2.20. The maximum Gasteiger partial charge on any atom is 0.411 e. The van der Waals surface area contributed by atoms with E-state index < -0.39 is 12.8 Å². The fourth-order valence-electron chi connectivity index (χ4n) is 2.14. The van der Waals surface area contributed by atoms with Crippen molar-refractivity contribution in [2.75, 3.05) is 13.2 Å². The quantitative estimate of drug-likeness (QED) is 0.440. The molecule has 0 amide bonds. The van der Waals surface area contributed by atoms with Crippen molar-refractivity contribution in [3.8, 4) is 0 Å². The number of hydrogen-bond acceptors (Lipinski definition) is 3. The van der Waals surface area contributed by atoms with E-state index in [1.54, 1.807) is 0 Å². The van der Waals surface area contributed by atoms with E-state index in [1.807, 2.05) is 24.3 Å². The molecule has 1 atom stereocenters. The number of hydrogen-bond donors (Lipinski definition) is 2. The highest BCUT2D eigenvalue weighted by molar-refractivity contribution is 5.26. The fraction of sp³-hybridized carbons (Fsp3) is 0.600. The van der Waals surface area contributed by atoms with E-state index in [-0.39, 0.29) is 12.6 Å². The van der Waals surface area contributed by atoms with Gasteiger partial charge >= 0.3 is 6.18 Å². The lowest BCUT2D eigenvalue weighted by Crippen LogP contribution is -2.29. The normalized spacial score (nSPS) is 13.7. The molecule has 0 aliphatic rings. The molecule has 0 aromatic heterocycles. The number of hydrazine groups is 1. The molecule has 0 aliphatic heterocycles. The van der Waals surface area contributed by atoms with Crippen molar-refractivity contribution >= 4 is 0 Å². The van der Waals surface area contributed by atoms with Crippen LogP contribution in [-0.4, -0.2) is 19.4 Å². The molecule has 0 aliphatic carbocycles. The van der Waals surface area contributed by atoms with E-state index in [2.05, 4.69) is 24.0 Å². The lowest BCUT2D eigenvalue weighted by Gasteiger charge is -2.18. The second kappa shape index (κ2) is 8.36. The van der Waals surface area contributed by atoms with Gasteiger partial charge in [-0.2, -0.15) is 13.2 Å². The van der Waals surface area contributed by atoms with Crippen LogP contribution >= 0.6 is 0 Å². The zero-order valence-corrected chi connectivity index (χ0v) is 12.4. The Morgan fingerprint density at radius 2 is 2.00 bits per heavy atom. The van der Waals surface area contributed by atoms with Gasteiger partial charge in [-0.1, -0.05) is 38.1 Å². The Morgan fingerprint density at radius 1 is 1.29 bits per heavy atom. The predicted octanol–water partition coefficient (Wildman–Crippen LogP) is 3.36. The minimum absolute atomic E-state index is 0.00276. The monoisotopic (exact) mass is 304 g/mol. The maximum atomic E-state index is 12.0. The largest absolute Gasteiger partial charge is 0.411 e. The summed E-state index contributed by atoms with van der Waals surface area (Å²) in [5, 5.41) is 0. The Bertz CT molecular complexity index is 422. The summed E-state index contributed by atoms with van der Waals surface area (Å²) in [6.07, 6.45) is -2.95. The molecule has 0 bridgehead atoms. The highest BCUT2D eigenvalue weighted by atomic mass is 19.4. The Morgan fingerprint density at radius 3 is 2.57 bits per heavy atom. The molecule has 0 radical (unpaired) electrons. The number of rotatable bonds is 8. The summed E-state index contributed by atoms with van der Waals surface area (Å²) in [7, 11) is 0. The molecule has 21 heavy (non-hydrogen) atoms. The molecular formula is C15H23F3N2O. The van der Waals surface area contributed by atoms with Crippen molar-refractivity contribution in [1.29, 1.82) is 0 Å². The third kappa shape index (κ3) is 7.45. The Balaban J connectivity index is 2.55. The molecule has 1 aromatic carbocycles. The number of benzene rings is 1. The highest BCUT2D eigenvalue weighted by Gasteiger charge is 2.27. The van der Waals surface area contributed by atoms with Gasteiger partial charge in [0.2, 0.25) is 0 Å². The van der Waals surface area contributed by atoms with Gasteiger partial charge in [0.15, 0.2) is 0 Å². The first kappa shape index (κ1) is 17.9. The lowest BCUT2D eigenvalue weighted by molar-refractivity contribution is -0.174. The van der Waals surface area contributed by atoms with Crippen LogP contribution in [0.25, 0.3) is 0 Å². The van der Waals surface area contributed by atoms with E-state index >= 15 is 0 Å². The fourth-order valence-corrected chi connectivity index (χ4v) is 2.14. The summed E-state index contributed by atoms with van der Waals surface area (Å²) in [6, 6.07) is 7.71. The Hall–Kier alpha value is -1.11. The van der Waals surface area contributed by atoms with Gasteiger partial charge in [-0.15, -0.1) is 0 Å². The number of ether oxygens (including phenoxy) is 1. The minimum atomic E-state index is -4.29. The number of nitrogens with two attached hydrogens (primary N) is 1. The zero-order chi connectivity index (χ0) is 15.9. The van der Waals surface area contributed by atoms with Gasteiger partial charge in [0.25, 0.3) is 0 Å². The standard InChI is InChI=1S/C15H23F3N2O/c1-11(2)8-12-4-3-5-13(9-12)14(20-19)6-7-21-10-15(16,17)18/h3-5,9,11,14,20H,6-8,10,19H2,1-2H3. The van der Waals surface area contributed by atoms with E-state index in [0.29, 0.717) is 12.3 Å². The van der Waals surface area contributed by atoms with Gasteiger partial charge in [0.05, 0.1) is 0 Å². The molecule has 120 valence electrons. The first-order valence-corrected chi connectivity index (χ1v) is 7.01. The van der Waals surface area contributed by atoms with E-state index in [4.69, 9.17) is 5.84 Å². The van der Waals surface area contributed by atoms with Gasteiger partial charge in [-0.25, -0.2) is 0 Å². The van der Waals surface area contributed by atoms with Crippen molar-refractivity contribution < 1.29 is 17.9 Å². The average molecular weight is 304 g/mol. The van der Waals surface area contributed by atoms with Crippen LogP contribution in [0.4, 0.5) is 13.2 Å². The summed E-state index contributed by atoms with van der Waals surface area (Å²) in [6.45, 7) is 3.05. The molecule has 0 heterocycles. The van der Waals surface area contributed by atoms with E-state index in [0.717, 1.165) is 12.0 Å². The summed E-state index contributed by atoms with van der Waals surface area (Å²) in [4.78, 5) is 0. The van der Waals surface area contributed by atoms with Gasteiger partial charge in [-0.05, 0) is 29.9 Å². The smallest absolute Gasteiger partial charge is 0.372 e. The molecule has 3 N–H and O–H groups in total. The molecule has 3 nitrogen and oxygen atoms in total. The van der Waals surface area contributed by atoms with Crippen molar-refractivity contribution in [3.05, 3.63) is 35.4 Å². The maximum absolute atomic E-state index is 12.0. The molecular weight excluding hydrogens is 281 g/mol. The van der Waals surface area contributed by atoms with Crippen LogP contribution in [0.1, 0.15) is 37.4 Å². The summed E-state index contributed by atoms with van der Waals surface area (Å²) in [5.74, 6) is 6.04. The summed E-state index contributed by atoms with van der Waals surface area (Å²) < 4.78 is 40.6. The van der Waals surface area contributed by atoms with Gasteiger partial charge in [-0.3, -0.25) is 11.3 Å². The summed E-state index contributed by atoms with van der Waals surface area (Å²) in [5.41, 5.74) is 4.79. The van der Waals surface area contributed by atoms with Gasteiger partial charge in [0.1, 0.15) is 6.61 Å². The third-order valence-electron chi connectivity index (χ3n) is 3.02. The van der Waals surface area contributed by atoms with Crippen molar-refractivity contribution in [2.45, 2.75) is 38.9 Å². The number of halogens is 3. The van der Waals surface area contributed by atoms with Gasteiger partial charge in [0, 0.05) is 12.6 Å². The third-order valence-corrected chi connectivity index (χ3v) is 3.02. The zero-order valence-electron chi connectivity index (χ0n) is 12.4. The molecule has 0 spiro atoms. The number of nitrogens with one attached hydrogen (secondary N) is 1. The first-order chi connectivity index (χ1) is 9.81. The van der Waals surface area contributed by atoms with Gasteiger partial charge < -0.3 is 4.74 Å². The molecule has 1 unspecified atom stereocenters. The second-order valence-electron chi connectivity index (χ2n) is 5.52. The Labute approximate surface area is 123 Å². The minimum Gasteiger partial charge on any atom is -0.372 e. The molecule has 6 heteroatoms. The van der Waals surface area contributed by atoms with Crippen molar-refractivity contribution in [2.24, 2.45) is 11.8 Å². The molecule has 1 aromatic rings.